The normalized spacial score (nSPS) is 11.3. The van der Waals surface area contributed by atoms with Gasteiger partial charge in [0.05, 0.1) is 11.3 Å². The fraction of sp³-hybridized carbons (Fsp3) is 0.278. The van der Waals surface area contributed by atoms with Crippen LogP contribution >= 0.6 is 11.6 Å². The van der Waals surface area contributed by atoms with Crippen LogP contribution in [0.25, 0.3) is 0 Å². The molecule has 11 heteroatoms. The molecule has 29 heavy (non-hydrogen) atoms. The molecule has 0 unspecified atom stereocenters. The van der Waals surface area contributed by atoms with Crippen molar-refractivity contribution in [3.8, 4) is 5.75 Å². The van der Waals surface area contributed by atoms with Crippen molar-refractivity contribution in [3.05, 3.63) is 64.7 Å². The minimum Gasteiger partial charge on any atom is -0.490 e. The van der Waals surface area contributed by atoms with Gasteiger partial charge < -0.3 is 9.57 Å². The van der Waals surface area contributed by atoms with E-state index in [2.05, 4.69) is 5.16 Å². The lowest BCUT2D eigenvalue weighted by molar-refractivity contribution is -0.137. The first kappa shape index (κ1) is 24.4. The molecule has 1 N–H and O–H groups in total. The van der Waals surface area contributed by atoms with Crippen LogP contribution in [0.2, 0.25) is 5.02 Å². The first-order valence-electron chi connectivity index (χ1n) is 8.19. The minimum absolute atomic E-state index is 0.0773. The molecule has 0 aromatic heterocycles. The van der Waals surface area contributed by atoms with Crippen LogP contribution in [0, 0.1) is 4.78 Å². The van der Waals surface area contributed by atoms with Gasteiger partial charge in [-0.25, -0.2) is 0 Å². The zero-order valence-electron chi connectivity index (χ0n) is 15.2. The molecule has 0 fully saturated rings. The molecule has 6 nitrogen and oxygen atoms in total. The van der Waals surface area contributed by atoms with Crippen LogP contribution in [-0.2, 0) is 21.5 Å². The van der Waals surface area contributed by atoms with Crippen molar-refractivity contribution in [2.45, 2.75) is 19.5 Å². The fourth-order valence-corrected chi connectivity index (χ4v) is 2.32. The molecule has 0 aliphatic heterocycles. The van der Waals surface area contributed by atoms with Crippen LogP contribution in [-0.4, -0.2) is 27.3 Å². The Morgan fingerprint density at radius 2 is 1.76 bits per heavy atom. The summed E-state index contributed by atoms with van der Waals surface area (Å²) in [5.41, 5.74) is -0.692. The molecule has 0 spiro atoms. The molecule has 0 atom stereocenters. The highest BCUT2D eigenvalue weighted by Crippen LogP contribution is 2.34. The van der Waals surface area contributed by atoms with Gasteiger partial charge in [0.2, 0.25) is 0 Å². The molecule has 2 rings (SSSR count). The highest BCUT2D eigenvalue weighted by atomic mass is 35.5. The van der Waals surface area contributed by atoms with E-state index in [4.69, 9.17) is 34.4 Å². The summed E-state index contributed by atoms with van der Waals surface area (Å²) in [7, 11) is -2.61. The molecular weight excluding hydrogens is 433 g/mol. The second-order valence-corrected chi connectivity index (χ2v) is 6.21. The van der Waals surface area contributed by atoms with E-state index in [0.29, 0.717) is 5.75 Å². The standard InChI is InChI=1S/C18H17ClF3NO2.HNO2S/c1-2-17(15-12-13(19)8-9-16(15)18(20,21)22)23-25-11-10-24-14-6-4-3-5-7-14;1-4(2)3/h3-9,12H,2,10-11H2,1H3;1H/b23-17+;. The monoisotopic (exact) mass is 450 g/mol. The third-order valence-corrected chi connectivity index (χ3v) is 3.53. The summed E-state index contributed by atoms with van der Waals surface area (Å²) in [6.45, 7) is 2.04. The second kappa shape index (κ2) is 12.1. The number of alkyl halides is 3. The third-order valence-electron chi connectivity index (χ3n) is 3.29. The number of benzene rings is 2. The maximum Gasteiger partial charge on any atom is 0.417 e. The quantitative estimate of drug-likeness (QED) is 0.357. The summed E-state index contributed by atoms with van der Waals surface area (Å²) in [4.78, 5) is 5.12. The van der Waals surface area contributed by atoms with E-state index in [1.54, 1.807) is 19.1 Å². The molecule has 0 radical (unpaired) electrons. The Bertz CT molecular complexity index is 914. The number of ether oxygens (including phenoxy) is 1. The number of para-hydroxylation sites is 1. The fourth-order valence-electron chi connectivity index (χ4n) is 2.14. The predicted molar refractivity (Wildman–Crippen MR) is 103 cm³/mol. The Kier molecular flexibility index (Phi) is 10.2. The topological polar surface area (TPSA) is 88.8 Å². The van der Waals surface area contributed by atoms with E-state index in [-0.39, 0.29) is 35.9 Å². The van der Waals surface area contributed by atoms with Crippen molar-refractivity contribution in [2.75, 3.05) is 13.2 Å². The smallest absolute Gasteiger partial charge is 0.417 e. The van der Waals surface area contributed by atoms with Crippen LogP contribution in [0.3, 0.4) is 0 Å². The summed E-state index contributed by atoms with van der Waals surface area (Å²) >= 11 is 5.84. The van der Waals surface area contributed by atoms with Crippen LogP contribution in [0.15, 0.2) is 53.7 Å². The van der Waals surface area contributed by atoms with Gasteiger partial charge in [0.15, 0.2) is 6.61 Å². The van der Waals surface area contributed by atoms with Crippen molar-refractivity contribution in [1.29, 1.82) is 4.78 Å². The van der Waals surface area contributed by atoms with Gasteiger partial charge in [-0.1, -0.05) is 41.9 Å². The zero-order chi connectivity index (χ0) is 21.9. The van der Waals surface area contributed by atoms with Gasteiger partial charge in [-0.2, -0.15) is 26.4 Å². The van der Waals surface area contributed by atoms with Crippen LogP contribution in [0.5, 0.6) is 5.75 Å². The first-order chi connectivity index (χ1) is 13.6. The number of hydrogen-bond donors (Lipinski definition) is 1. The van der Waals surface area contributed by atoms with E-state index >= 15 is 0 Å². The van der Waals surface area contributed by atoms with Crippen molar-refractivity contribution in [2.24, 2.45) is 5.16 Å². The summed E-state index contributed by atoms with van der Waals surface area (Å²) in [5, 5.41) is 4.04. The molecule has 2 aromatic rings. The van der Waals surface area contributed by atoms with E-state index < -0.39 is 22.2 Å². The lowest BCUT2D eigenvalue weighted by Gasteiger charge is -2.14. The average molecular weight is 451 g/mol. The van der Waals surface area contributed by atoms with Gasteiger partial charge in [-0.05, 0) is 36.8 Å². The lowest BCUT2D eigenvalue weighted by Crippen LogP contribution is -2.14. The van der Waals surface area contributed by atoms with Crippen molar-refractivity contribution >= 4 is 27.8 Å². The van der Waals surface area contributed by atoms with E-state index in [0.717, 1.165) is 6.07 Å². The number of oxime groups is 1. The highest BCUT2D eigenvalue weighted by Gasteiger charge is 2.34. The number of halogens is 4. The van der Waals surface area contributed by atoms with Gasteiger partial charge in [-0.3, -0.25) is 0 Å². The molecule has 0 saturated carbocycles. The molecule has 0 aliphatic carbocycles. The Balaban J connectivity index is 0.000000960. The molecular formula is C18H18ClF3N2O4S. The molecule has 0 aliphatic rings. The number of hydrogen-bond acceptors (Lipinski definition) is 6. The van der Waals surface area contributed by atoms with Crippen LogP contribution in [0.1, 0.15) is 24.5 Å². The van der Waals surface area contributed by atoms with Crippen molar-refractivity contribution in [3.63, 3.8) is 0 Å². The SMILES string of the molecule is CC/C(=N\OCCOc1ccccc1)c1cc(Cl)ccc1C(F)(F)F.N=S(=O)=O. The van der Waals surface area contributed by atoms with Crippen molar-refractivity contribution < 1.29 is 31.2 Å². The molecule has 158 valence electrons. The molecule has 0 saturated heterocycles. The Hall–Kier alpha value is -2.59. The van der Waals surface area contributed by atoms with E-state index in [9.17, 15) is 13.2 Å². The van der Waals surface area contributed by atoms with Gasteiger partial charge in [0.1, 0.15) is 12.4 Å². The summed E-state index contributed by atoms with van der Waals surface area (Å²) in [5.74, 6) is 0.681. The van der Waals surface area contributed by atoms with Crippen LogP contribution in [0.4, 0.5) is 13.2 Å². The summed E-state index contributed by atoms with van der Waals surface area (Å²) in [6, 6.07) is 12.5. The molecule has 0 heterocycles. The van der Waals surface area contributed by atoms with Gasteiger partial charge >= 0.3 is 16.7 Å². The number of rotatable bonds is 7. The van der Waals surface area contributed by atoms with Gasteiger partial charge in [0, 0.05) is 10.6 Å². The second-order valence-electron chi connectivity index (χ2n) is 5.31. The number of nitrogens with one attached hydrogen (secondary N) is 1. The molecule has 0 bridgehead atoms. The molecule has 0 amide bonds. The summed E-state index contributed by atoms with van der Waals surface area (Å²) in [6.07, 6.45) is -4.23. The van der Waals surface area contributed by atoms with Crippen LogP contribution < -0.4 is 4.74 Å². The maximum absolute atomic E-state index is 13.1. The van der Waals surface area contributed by atoms with Crippen molar-refractivity contribution in [1.82, 2.24) is 0 Å². The average Bonchev–Trinajstić information content (AvgIpc) is 2.64. The minimum atomic E-state index is -4.49. The predicted octanol–water partition coefficient (Wildman–Crippen LogP) is 5.20. The first-order valence-corrected chi connectivity index (χ1v) is 9.64. The van der Waals surface area contributed by atoms with Gasteiger partial charge in [0.25, 0.3) is 0 Å². The number of nitrogens with zero attached hydrogens (tertiary/aromatic N) is 1. The van der Waals surface area contributed by atoms with E-state index in [1.807, 2.05) is 18.2 Å². The largest absolute Gasteiger partial charge is 0.490 e. The lowest BCUT2D eigenvalue weighted by atomic mass is 10.0. The third kappa shape index (κ3) is 9.44. The summed E-state index contributed by atoms with van der Waals surface area (Å²) < 4.78 is 67.7. The maximum atomic E-state index is 13.1. The Labute approximate surface area is 172 Å². The van der Waals surface area contributed by atoms with E-state index in [1.165, 1.54) is 12.1 Å². The highest BCUT2D eigenvalue weighted by molar-refractivity contribution is 7.60. The molecule has 2 aromatic carbocycles. The Morgan fingerprint density at radius 1 is 1.14 bits per heavy atom. The zero-order valence-corrected chi connectivity index (χ0v) is 16.8. The van der Waals surface area contributed by atoms with Gasteiger partial charge in [-0.15, -0.1) is 0 Å². The Morgan fingerprint density at radius 3 is 2.31 bits per heavy atom.